The van der Waals surface area contributed by atoms with Crippen LogP contribution in [0.1, 0.15) is 18.4 Å². The summed E-state index contributed by atoms with van der Waals surface area (Å²) < 4.78 is 27.1. The summed E-state index contributed by atoms with van der Waals surface area (Å²) in [6, 6.07) is 7.23. The van der Waals surface area contributed by atoms with Crippen LogP contribution in [0.4, 0.5) is 0 Å². The Morgan fingerprint density at radius 2 is 2.19 bits per heavy atom. The molecule has 1 aromatic rings. The van der Waals surface area contributed by atoms with Crippen molar-refractivity contribution in [2.45, 2.75) is 30.3 Å². The molecular weight excluding hydrogens is 286 g/mol. The van der Waals surface area contributed by atoms with E-state index in [1.165, 1.54) is 0 Å². The highest BCUT2D eigenvalue weighted by Crippen LogP contribution is 2.22. The Morgan fingerprint density at radius 1 is 1.43 bits per heavy atom. The van der Waals surface area contributed by atoms with Gasteiger partial charge in [-0.05, 0) is 51.2 Å². The topological polar surface area (TPSA) is 52.7 Å². The fourth-order valence-electron chi connectivity index (χ4n) is 2.82. The first-order chi connectivity index (χ1) is 9.95. The van der Waals surface area contributed by atoms with Crippen LogP contribution in [0, 0.1) is 0 Å². The zero-order valence-electron chi connectivity index (χ0n) is 13.0. The quantitative estimate of drug-likeness (QED) is 0.885. The fraction of sp³-hybridized carbons (Fsp3) is 0.600. The number of hydrogen-bond acceptors (Lipinski definition) is 4. The van der Waals surface area contributed by atoms with E-state index >= 15 is 0 Å². The second kappa shape index (κ2) is 6.87. The van der Waals surface area contributed by atoms with Crippen LogP contribution < -0.4 is 5.32 Å². The van der Waals surface area contributed by atoms with E-state index in [-0.39, 0.29) is 6.04 Å². The molecule has 1 saturated heterocycles. The molecule has 6 heteroatoms. The zero-order valence-corrected chi connectivity index (χ0v) is 13.9. The molecule has 0 aliphatic carbocycles. The number of likely N-dealkylation sites (tertiary alicyclic amines) is 1. The Labute approximate surface area is 128 Å². The second-order valence-electron chi connectivity index (χ2n) is 5.76. The predicted octanol–water partition coefficient (Wildman–Crippen LogP) is 1.12. The van der Waals surface area contributed by atoms with Crippen molar-refractivity contribution in [3.8, 4) is 0 Å². The van der Waals surface area contributed by atoms with E-state index in [4.69, 9.17) is 0 Å². The molecule has 5 nitrogen and oxygen atoms in total. The Morgan fingerprint density at radius 3 is 2.86 bits per heavy atom. The normalized spacial score (nSPS) is 20.9. The van der Waals surface area contributed by atoms with E-state index in [9.17, 15) is 8.42 Å². The molecule has 0 radical (unpaired) electrons. The van der Waals surface area contributed by atoms with Gasteiger partial charge in [0, 0.05) is 26.2 Å². The summed E-state index contributed by atoms with van der Waals surface area (Å²) in [6.45, 7) is 2.51. The summed E-state index contributed by atoms with van der Waals surface area (Å²) in [6.07, 6.45) is 1.97. The molecule has 1 fully saturated rings. The van der Waals surface area contributed by atoms with Crippen LogP contribution in [0.2, 0.25) is 0 Å². The van der Waals surface area contributed by atoms with Crippen LogP contribution in [-0.4, -0.2) is 57.9 Å². The highest BCUT2D eigenvalue weighted by molar-refractivity contribution is 7.89. The average molecular weight is 311 g/mol. The number of nitrogens with one attached hydrogen (secondary N) is 1. The molecule has 1 unspecified atom stereocenters. The monoisotopic (exact) mass is 311 g/mol. The zero-order chi connectivity index (χ0) is 15.5. The van der Waals surface area contributed by atoms with Crippen LogP contribution in [-0.2, 0) is 16.6 Å². The highest BCUT2D eigenvalue weighted by Gasteiger charge is 2.30. The molecule has 1 N–H and O–H groups in total. The molecule has 1 atom stereocenters. The van der Waals surface area contributed by atoms with E-state index in [0.29, 0.717) is 11.4 Å². The van der Waals surface area contributed by atoms with Crippen LogP contribution in [0.3, 0.4) is 0 Å². The number of nitrogens with zero attached hydrogens (tertiary/aromatic N) is 2. The van der Waals surface area contributed by atoms with Crippen molar-refractivity contribution >= 4 is 10.0 Å². The average Bonchev–Trinajstić information content (AvgIpc) is 2.47. The predicted molar refractivity (Wildman–Crippen MR) is 84.7 cm³/mol. The molecule has 0 spiro atoms. The fourth-order valence-corrected chi connectivity index (χ4v) is 4.27. The van der Waals surface area contributed by atoms with Gasteiger partial charge in [-0.15, -0.1) is 0 Å². The van der Waals surface area contributed by atoms with Gasteiger partial charge in [-0.3, -0.25) is 0 Å². The van der Waals surface area contributed by atoms with Crippen molar-refractivity contribution in [2.75, 3.05) is 34.2 Å². The van der Waals surface area contributed by atoms with Gasteiger partial charge >= 0.3 is 0 Å². The first-order valence-corrected chi connectivity index (χ1v) is 8.79. The Hall–Kier alpha value is -0.950. The number of piperidine rings is 1. The van der Waals surface area contributed by atoms with Gasteiger partial charge < -0.3 is 10.2 Å². The van der Waals surface area contributed by atoms with Crippen molar-refractivity contribution < 1.29 is 8.42 Å². The van der Waals surface area contributed by atoms with E-state index in [1.54, 1.807) is 29.6 Å². The summed E-state index contributed by atoms with van der Waals surface area (Å²) in [4.78, 5) is 2.57. The molecule has 0 aromatic heterocycles. The summed E-state index contributed by atoms with van der Waals surface area (Å²) in [5.74, 6) is 0. The van der Waals surface area contributed by atoms with E-state index in [1.807, 2.05) is 20.2 Å². The third kappa shape index (κ3) is 3.83. The van der Waals surface area contributed by atoms with Crippen molar-refractivity contribution in [1.29, 1.82) is 0 Å². The Bertz CT molecular complexity index is 574. The molecule has 1 aromatic carbocycles. The molecular formula is C15H25N3O2S. The van der Waals surface area contributed by atoms with Crippen molar-refractivity contribution in [2.24, 2.45) is 0 Å². The molecule has 118 valence electrons. The minimum atomic E-state index is -3.42. The van der Waals surface area contributed by atoms with Gasteiger partial charge in [-0.2, -0.15) is 4.31 Å². The van der Waals surface area contributed by atoms with Gasteiger partial charge in [0.15, 0.2) is 0 Å². The van der Waals surface area contributed by atoms with Crippen LogP contribution in [0.5, 0.6) is 0 Å². The van der Waals surface area contributed by atoms with Gasteiger partial charge in [0.25, 0.3) is 0 Å². The van der Waals surface area contributed by atoms with Crippen LogP contribution >= 0.6 is 0 Å². The molecule has 1 heterocycles. The smallest absolute Gasteiger partial charge is 0.243 e. The molecule has 1 aliphatic heterocycles. The minimum absolute atomic E-state index is 0.0571. The SMILES string of the molecule is CNCc1cccc(S(=O)(=O)N(C)C2CCCN(C)C2)c1. The van der Waals surface area contributed by atoms with Crippen molar-refractivity contribution in [3.05, 3.63) is 29.8 Å². The van der Waals surface area contributed by atoms with E-state index < -0.39 is 10.0 Å². The largest absolute Gasteiger partial charge is 0.316 e. The lowest BCUT2D eigenvalue weighted by atomic mass is 10.1. The highest BCUT2D eigenvalue weighted by atomic mass is 32.2. The summed E-state index contributed by atoms with van der Waals surface area (Å²) in [5, 5.41) is 3.05. The van der Waals surface area contributed by atoms with E-state index in [0.717, 1.165) is 31.5 Å². The second-order valence-corrected chi connectivity index (χ2v) is 7.75. The number of rotatable bonds is 5. The van der Waals surface area contributed by atoms with Gasteiger partial charge in [-0.1, -0.05) is 12.1 Å². The summed E-state index contributed by atoms with van der Waals surface area (Å²) in [5.41, 5.74) is 0.979. The molecule has 2 rings (SSSR count). The van der Waals surface area contributed by atoms with Crippen LogP contribution in [0.25, 0.3) is 0 Å². The first-order valence-electron chi connectivity index (χ1n) is 7.35. The lowest BCUT2D eigenvalue weighted by Crippen LogP contribution is -2.47. The third-order valence-corrected chi connectivity index (χ3v) is 5.98. The number of likely N-dealkylation sites (N-methyl/N-ethyl adjacent to an activating group) is 2. The molecule has 0 saturated carbocycles. The molecule has 0 amide bonds. The first kappa shape index (κ1) is 16.4. The van der Waals surface area contributed by atoms with Gasteiger partial charge in [0.2, 0.25) is 10.0 Å². The lowest BCUT2D eigenvalue weighted by Gasteiger charge is -2.35. The molecule has 0 bridgehead atoms. The summed E-state index contributed by atoms with van der Waals surface area (Å²) in [7, 11) is 2.17. The maximum Gasteiger partial charge on any atom is 0.243 e. The Kier molecular flexibility index (Phi) is 5.37. The third-order valence-electron chi connectivity index (χ3n) is 4.07. The Balaban J connectivity index is 2.22. The number of sulfonamides is 1. The van der Waals surface area contributed by atoms with Gasteiger partial charge in [-0.25, -0.2) is 8.42 Å². The maximum absolute atomic E-state index is 12.8. The maximum atomic E-state index is 12.8. The van der Waals surface area contributed by atoms with Crippen molar-refractivity contribution in [3.63, 3.8) is 0 Å². The molecule has 1 aliphatic rings. The van der Waals surface area contributed by atoms with E-state index in [2.05, 4.69) is 10.2 Å². The van der Waals surface area contributed by atoms with Gasteiger partial charge in [0.05, 0.1) is 4.90 Å². The summed E-state index contributed by atoms with van der Waals surface area (Å²) >= 11 is 0. The lowest BCUT2D eigenvalue weighted by molar-refractivity contribution is 0.187. The van der Waals surface area contributed by atoms with Crippen LogP contribution in [0.15, 0.2) is 29.2 Å². The van der Waals surface area contributed by atoms with Gasteiger partial charge in [0.1, 0.15) is 0 Å². The number of hydrogen-bond donors (Lipinski definition) is 1. The standard InChI is InChI=1S/C15H25N3O2S/c1-16-11-13-6-4-8-15(10-13)21(19,20)18(3)14-7-5-9-17(2)12-14/h4,6,8,10,14,16H,5,7,9,11-12H2,1-3H3. The molecule has 21 heavy (non-hydrogen) atoms. The minimum Gasteiger partial charge on any atom is -0.316 e. The van der Waals surface area contributed by atoms with Crippen molar-refractivity contribution in [1.82, 2.24) is 14.5 Å². The number of benzene rings is 1.